The average Bonchev–Trinajstić information content (AvgIpc) is 2.46. The van der Waals surface area contributed by atoms with Crippen LogP contribution in [0.2, 0.25) is 0 Å². The minimum atomic E-state index is -0.764. The van der Waals surface area contributed by atoms with Gasteiger partial charge in [-0.1, -0.05) is 28.1 Å². The van der Waals surface area contributed by atoms with Crippen molar-refractivity contribution < 1.29 is 9.90 Å². The molecule has 5 heteroatoms. The van der Waals surface area contributed by atoms with E-state index in [1.165, 1.54) is 0 Å². The topological polar surface area (TPSA) is 62.2 Å². The Kier molecular flexibility index (Phi) is 4.96. The van der Waals surface area contributed by atoms with Gasteiger partial charge < -0.3 is 10.4 Å². The summed E-state index contributed by atoms with van der Waals surface area (Å²) in [7, 11) is 0. The number of hydrogen-bond acceptors (Lipinski definition) is 3. The van der Waals surface area contributed by atoms with Gasteiger partial charge >= 0.3 is 5.97 Å². The van der Waals surface area contributed by atoms with Crippen LogP contribution < -0.4 is 5.32 Å². The van der Waals surface area contributed by atoms with Crippen molar-refractivity contribution in [1.82, 2.24) is 10.3 Å². The lowest BCUT2D eigenvalue weighted by Gasteiger charge is -2.19. The van der Waals surface area contributed by atoms with Gasteiger partial charge in [0.2, 0.25) is 0 Å². The van der Waals surface area contributed by atoms with Crippen LogP contribution in [0.4, 0.5) is 0 Å². The molecule has 2 N–H and O–H groups in total. The summed E-state index contributed by atoms with van der Waals surface area (Å²) in [6.07, 6.45) is 2.37. The monoisotopic (exact) mass is 350 g/mol. The molecule has 0 amide bonds. The fourth-order valence-electron chi connectivity index (χ4n) is 2.07. The Morgan fingerprint density at radius 2 is 2.14 bits per heavy atom. The van der Waals surface area contributed by atoms with Crippen molar-refractivity contribution in [2.75, 3.05) is 6.54 Å². The normalized spacial score (nSPS) is 11.8. The quantitative estimate of drug-likeness (QED) is 0.781. The van der Waals surface area contributed by atoms with Crippen LogP contribution in [0.1, 0.15) is 25.8 Å². The summed E-state index contributed by atoms with van der Waals surface area (Å²) in [4.78, 5) is 15.5. The lowest BCUT2D eigenvalue weighted by molar-refractivity contribution is -0.147. The van der Waals surface area contributed by atoms with E-state index in [9.17, 15) is 4.79 Å². The highest BCUT2D eigenvalue weighted by atomic mass is 79.9. The van der Waals surface area contributed by atoms with E-state index in [0.717, 1.165) is 20.9 Å². The first-order valence-corrected chi connectivity index (χ1v) is 7.67. The molecule has 0 saturated carbocycles. The maximum Gasteiger partial charge on any atom is 0.309 e. The number of rotatable bonds is 6. The van der Waals surface area contributed by atoms with E-state index in [0.29, 0.717) is 19.5 Å². The molecule has 0 atom stereocenters. The summed E-state index contributed by atoms with van der Waals surface area (Å²) in [5.41, 5.74) is 1.38. The van der Waals surface area contributed by atoms with E-state index in [1.807, 2.05) is 24.3 Å². The second-order valence-electron chi connectivity index (χ2n) is 5.72. The van der Waals surface area contributed by atoms with Crippen LogP contribution in [-0.2, 0) is 11.3 Å². The van der Waals surface area contributed by atoms with E-state index in [-0.39, 0.29) is 0 Å². The molecule has 0 bridgehead atoms. The SMILES string of the molecule is CC(C)(CCNCc1ccc(Br)c2cccnc12)C(=O)O. The molecule has 112 valence electrons. The first-order chi connectivity index (χ1) is 9.92. The number of pyridine rings is 1. The fourth-order valence-corrected chi connectivity index (χ4v) is 2.52. The van der Waals surface area contributed by atoms with Gasteiger partial charge in [-0.15, -0.1) is 0 Å². The molecule has 0 saturated heterocycles. The van der Waals surface area contributed by atoms with Crippen LogP contribution >= 0.6 is 15.9 Å². The summed E-state index contributed by atoms with van der Waals surface area (Å²) in [5, 5.41) is 13.5. The van der Waals surface area contributed by atoms with Gasteiger partial charge in [-0.25, -0.2) is 0 Å². The van der Waals surface area contributed by atoms with Crippen LogP contribution in [-0.4, -0.2) is 22.6 Å². The maximum atomic E-state index is 11.1. The molecule has 1 heterocycles. The minimum absolute atomic E-state index is 0.588. The van der Waals surface area contributed by atoms with Crippen molar-refractivity contribution in [2.24, 2.45) is 5.41 Å². The molecule has 1 aromatic carbocycles. The van der Waals surface area contributed by atoms with Crippen LogP contribution in [0, 0.1) is 5.41 Å². The second kappa shape index (κ2) is 6.54. The summed E-state index contributed by atoms with van der Waals surface area (Å²) in [6.45, 7) is 4.82. The standard InChI is InChI=1S/C16H19BrN2O2/c1-16(2,15(20)21)7-9-18-10-11-5-6-13(17)12-4-3-8-19-14(11)12/h3-6,8,18H,7,9-10H2,1-2H3,(H,20,21). The summed E-state index contributed by atoms with van der Waals surface area (Å²) in [6, 6.07) is 8.00. The van der Waals surface area contributed by atoms with E-state index in [2.05, 4.69) is 26.2 Å². The number of benzene rings is 1. The molecule has 4 nitrogen and oxygen atoms in total. The number of nitrogens with zero attached hydrogens (tertiary/aromatic N) is 1. The fraction of sp³-hybridized carbons (Fsp3) is 0.375. The van der Waals surface area contributed by atoms with E-state index < -0.39 is 11.4 Å². The Morgan fingerprint density at radius 3 is 2.86 bits per heavy atom. The molecule has 0 spiro atoms. The first kappa shape index (κ1) is 15.9. The zero-order valence-corrected chi connectivity index (χ0v) is 13.8. The smallest absolute Gasteiger partial charge is 0.309 e. The number of carboxylic acid groups (broad SMARTS) is 1. The molecule has 2 rings (SSSR count). The number of aliphatic carboxylic acids is 1. The number of halogens is 1. The molecule has 2 aromatic rings. The Morgan fingerprint density at radius 1 is 1.38 bits per heavy atom. The van der Waals surface area contributed by atoms with Gasteiger partial charge in [0.25, 0.3) is 0 Å². The molecule has 0 aliphatic carbocycles. The summed E-state index contributed by atoms with van der Waals surface area (Å²) < 4.78 is 1.03. The zero-order chi connectivity index (χ0) is 15.5. The van der Waals surface area contributed by atoms with Gasteiger partial charge in [-0.05, 0) is 44.5 Å². The number of nitrogens with one attached hydrogen (secondary N) is 1. The van der Waals surface area contributed by atoms with Crippen molar-refractivity contribution in [1.29, 1.82) is 0 Å². The van der Waals surface area contributed by atoms with Crippen LogP contribution in [0.5, 0.6) is 0 Å². The Balaban J connectivity index is 2.02. The van der Waals surface area contributed by atoms with Gasteiger partial charge in [0.1, 0.15) is 0 Å². The number of fused-ring (bicyclic) bond motifs is 1. The third-order valence-electron chi connectivity index (χ3n) is 3.62. The Hall–Kier alpha value is -1.46. The van der Waals surface area contributed by atoms with Gasteiger partial charge in [-0.2, -0.15) is 0 Å². The second-order valence-corrected chi connectivity index (χ2v) is 6.58. The van der Waals surface area contributed by atoms with Crippen LogP contribution in [0.3, 0.4) is 0 Å². The number of carbonyl (C=O) groups is 1. The predicted octanol–water partition coefficient (Wildman–Crippen LogP) is 3.59. The highest BCUT2D eigenvalue weighted by Gasteiger charge is 2.26. The van der Waals surface area contributed by atoms with Crippen molar-refractivity contribution in [3.05, 3.63) is 40.5 Å². The maximum absolute atomic E-state index is 11.1. The third kappa shape index (κ3) is 3.80. The Bertz CT molecular complexity index is 656. The first-order valence-electron chi connectivity index (χ1n) is 6.88. The molecule has 0 fully saturated rings. The minimum Gasteiger partial charge on any atom is -0.481 e. The molecular formula is C16H19BrN2O2. The number of aromatic nitrogens is 1. The molecule has 1 aromatic heterocycles. The van der Waals surface area contributed by atoms with Crippen molar-refractivity contribution in [3.8, 4) is 0 Å². The molecule has 0 radical (unpaired) electrons. The molecule has 0 unspecified atom stereocenters. The van der Waals surface area contributed by atoms with Gasteiger partial charge in [0.15, 0.2) is 0 Å². The Labute approximate surface area is 132 Å². The van der Waals surface area contributed by atoms with Gasteiger partial charge in [-0.3, -0.25) is 9.78 Å². The number of hydrogen-bond donors (Lipinski definition) is 2. The summed E-state index contributed by atoms with van der Waals surface area (Å²) in [5.74, 6) is -0.764. The highest BCUT2D eigenvalue weighted by Crippen LogP contribution is 2.25. The zero-order valence-electron chi connectivity index (χ0n) is 12.2. The van der Waals surface area contributed by atoms with E-state index in [4.69, 9.17) is 5.11 Å². The third-order valence-corrected chi connectivity index (χ3v) is 4.31. The van der Waals surface area contributed by atoms with Crippen molar-refractivity contribution in [3.63, 3.8) is 0 Å². The molecule has 0 aliphatic heterocycles. The van der Waals surface area contributed by atoms with Crippen molar-refractivity contribution in [2.45, 2.75) is 26.8 Å². The van der Waals surface area contributed by atoms with Gasteiger partial charge in [0.05, 0.1) is 10.9 Å². The molecule has 0 aliphatic rings. The van der Waals surface area contributed by atoms with Gasteiger partial charge in [0, 0.05) is 22.6 Å². The van der Waals surface area contributed by atoms with Crippen molar-refractivity contribution >= 4 is 32.8 Å². The van der Waals surface area contributed by atoms with E-state index in [1.54, 1.807) is 20.0 Å². The lowest BCUT2D eigenvalue weighted by Crippen LogP contribution is -2.28. The predicted molar refractivity (Wildman–Crippen MR) is 87.2 cm³/mol. The number of carboxylic acids is 1. The average molecular weight is 351 g/mol. The van der Waals surface area contributed by atoms with E-state index >= 15 is 0 Å². The van der Waals surface area contributed by atoms with Crippen LogP contribution in [0.15, 0.2) is 34.9 Å². The molecule has 21 heavy (non-hydrogen) atoms. The molecular weight excluding hydrogens is 332 g/mol. The summed E-state index contributed by atoms with van der Waals surface area (Å²) >= 11 is 3.53. The largest absolute Gasteiger partial charge is 0.481 e. The van der Waals surface area contributed by atoms with Crippen LogP contribution in [0.25, 0.3) is 10.9 Å². The lowest BCUT2D eigenvalue weighted by atomic mass is 9.90. The highest BCUT2D eigenvalue weighted by molar-refractivity contribution is 9.10.